The van der Waals surface area contributed by atoms with Gasteiger partial charge in [-0.1, -0.05) is 11.6 Å². The molecule has 0 aliphatic carbocycles. The predicted molar refractivity (Wildman–Crippen MR) is 58.5 cm³/mol. The summed E-state index contributed by atoms with van der Waals surface area (Å²) in [6, 6.07) is 9.34. The third-order valence-corrected chi connectivity index (χ3v) is 2.36. The summed E-state index contributed by atoms with van der Waals surface area (Å²) in [5.41, 5.74) is 2.13. The molecule has 0 saturated carbocycles. The van der Waals surface area contributed by atoms with Crippen LogP contribution in [0.25, 0.3) is 11.4 Å². The van der Waals surface area contributed by atoms with Crippen LogP contribution in [-0.4, -0.2) is 9.97 Å². The van der Waals surface area contributed by atoms with Crippen LogP contribution < -0.4 is 0 Å². The van der Waals surface area contributed by atoms with Crippen molar-refractivity contribution in [1.29, 1.82) is 5.26 Å². The molecule has 1 aromatic heterocycles. The fourth-order valence-electron chi connectivity index (χ4n) is 1.31. The van der Waals surface area contributed by atoms with E-state index in [0.717, 1.165) is 11.3 Å². The fourth-order valence-corrected chi connectivity index (χ4v) is 1.44. The van der Waals surface area contributed by atoms with Crippen LogP contribution >= 0.6 is 11.6 Å². The average Bonchev–Trinajstić information content (AvgIpc) is 2.61. The van der Waals surface area contributed by atoms with Crippen LogP contribution in [0.5, 0.6) is 0 Å². The van der Waals surface area contributed by atoms with E-state index in [9.17, 15) is 0 Å². The van der Waals surface area contributed by atoms with Crippen molar-refractivity contribution in [1.82, 2.24) is 9.97 Å². The number of rotatable bonds is 1. The number of halogens is 1. The molecule has 0 saturated heterocycles. The number of hydrogen-bond acceptors (Lipinski definition) is 2. The van der Waals surface area contributed by atoms with Gasteiger partial charge in [-0.25, -0.2) is 4.98 Å². The lowest BCUT2D eigenvalue weighted by atomic mass is 10.2. The molecule has 0 bridgehead atoms. The Balaban J connectivity index is 2.46. The number of nitriles is 1. The Morgan fingerprint density at radius 2 is 2.00 bits per heavy atom. The molecule has 0 spiro atoms. The number of aromatic nitrogens is 2. The molecule has 74 valence electrons. The number of hydrogen-bond donors (Lipinski definition) is 1. The minimum Gasteiger partial charge on any atom is -0.341 e. The number of benzene rings is 1. The van der Waals surface area contributed by atoms with Crippen LogP contribution in [0.2, 0.25) is 5.02 Å². The van der Waals surface area contributed by atoms with Gasteiger partial charge in [0, 0.05) is 10.6 Å². The topological polar surface area (TPSA) is 52.5 Å². The molecule has 0 fully saturated rings. The molecule has 1 aromatic carbocycles. The van der Waals surface area contributed by atoms with Gasteiger partial charge in [0.25, 0.3) is 0 Å². The van der Waals surface area contributed by atoms with E-state index in [4.69, 9.17) is 16.9 Å². The van der Waals surface area contributed by atoms with E-state index in [2.05, 4.69) is 9.97 Å². The normalized spacial score (nSPS) is 9.93. The van der Waals surface area contributed by atoms with Crippen LogP contribution in [0.4, 0.5) is 0 Å². The zero-order chi connectivity index (χ0) is 10.8. The second-order valence-corrected chi connectivity index (χ2v) is 3.61. The van der Waals surface area contributed by atoms with Crippen LogP contribution in [-0.2, 0) is 0 Å². The van der Waals surface area contributed by atoms with Gasteiger partial charge in [-0.3, -0.25) is 0 Å². The van der Waals surface area contributed by atoms with Crippen LogP contribution in [0.15, 0.2) is 24.3 Å². The standard InChI is InChI=1S/C11H8ClN3/c1-7-10(6-13)15-11(14-7)8-2-4-9(12)5-3-8/h2-5H,1H3,(H,14,15). The first-order valence-electron chi connectivity index (χ1n) is 4.43. The summed E-state index contributed by atoms with van der Waals surface area (Å²) >= 11 is 5.78. The van der Waals surface area contributed by atoms with Crippen LogP contribution in [0.3, 0.4) is 0 Å². The van der Waals surface area contributed by atoms with Gasteiger partial charge in [-0.15, -0.1) is 0 Å². The van der Waals surface area contributed by atoms with Gasteiger partial charge >= 0.3 is 0 Å². The zero-order valence-corrected chi connectivity index (χ0v) is 8.84. The molecule has 1 heterocycles. The van der Waals surface area contributed by atoms with Crippen molar-refractivity contribution in [2.75, 3.05) is 0 Å². The van der Waals surface area contributed by atoms with Crippen molar-refractivity contribution in [3.8, 4) is 17.5 Å². The van der Waals surface area contributed by atoms with E-state index >= 15 is 0 Å². The highest BCUT2D eigenvalue weighted by Gasteiger charge is 2.07. The van der Waals surface area contributed by atoms with E-state index in [0.29, 0.717) is 16.5 Å². The molecule has 15 heavy (non-hydrogen) atoms. The average molecular weight is 218 g/mol. The molecule has 4 heteroatoms. The third kappa shape index (κ3) is 1.85. The number of H-pyrrole nitrogens is 1. The maximum absolute atomic E-state index is 8.77. The molecule has 0 aliphatic rings. The number of aromatic amines is 1. The Morgan fingerprint density at radius 1 is 1.33 bits per heavy atom. The zero-order valence-electron chi connectivity index (χ0n) is 8.08. The van der Waals surface area contributed by atoms with Crippen molar-refractivity contribution in [3.05, 3.63) is 40.7 Å². The molecule has 0 amide bonds. The maximum Gasteiger partial charge on any atom is 0.161 e. The largest absolute Gasteiger partial charge is 0.341 e. The Kier molecular flexibility index (Phi) is 2.44. The van der Waals surface area contributed by atoms with E-state index < -0.39 is 0 Å². The second kappa shape index (κ2) is 3.76. The van der Waals surface area contributed by atoms with Crippen molar-refractivity contribution in [3.63, 3.8) is 0 Å². The monoisotopic (exact) mass is 217 g/mol. The summed E-state index contributed by atoms with van der Waals surface area (Å²) in [5.74, 6) is 0.695. The Hall–Kier alpha value is -1.79. The Morgan fingerprint density at radius 3 is 2.53 bits per heavy atom. The Bertz CT molecular complexity index is 520. The predicted octanol–water partition coefficient (Wildman–Crippen LogP) is 2.91. The maximum atomic E-state index is 8.77. The Labute approximate surface area is 92.3 Å². The van der Waals surface area contributed by atoms with E-state index in [-0.39, 0.29) is 0 Å². The summed E-state index contributed by atoms with van der Waals surface area (Å²) in [6.07, 6.45) is 0. The van der Waals surface area contributed by atoms with E-state index in [1.165, 1.54) is 0 Å². The van der Waals surface area contributed by atoms with Crippen molar-refractivity contribution < 1.29 is 0 Å². The van der Waals surface area contributed by atoms with Gasteiger partial charge in [-0.05, 0) is 31.2 Å². The first-order valence-corrected chi connectivity index (χ1v) is 4.81. The number of imidazole rings is 1. The molecular formula is C11H8ClN3. The first kappa shape index (κ1) is 9.75. The van der Waals surface area contributed by atoms with Crippen LogP contribution in [0.1, 0.15) is 11.4 Å². The minimum atomic E-state index is 0.431. The van der Waals surface area contributed by atoms with Crippen LogP contribution in [0, 0.1) is 18.3 Å². The summed E-state index contributed by atoms with van der Waals surface area (Å²) in [6.45, 7) is 1.82. The molecule has 0 aliphatic heterocycles. The molecule has 1 N–H and O–H groups in total. The smallest absolute Gasteiger partial charge is 0.161 e. The highest BCUT2D eigenvalue weighted by Crippen LogP contribution is 2.19. The summed E-state index contributed by atoms with van der Waals surface area (Å²) in [4.78, 5) is 7.22. The summed E-state index contributed by atoms with van der Waals surface area (Å²) in [7, 11) is 0. The van der Waals surface area contributed by atoms with Gasteiger partial charge < -0.3 is 4.98 Å². The minimum absolute atomic E-state index is 0.431. The lowest BCUT2D eigenvalue weighted by molar-refractivity contribution is 1.25. The van der Waals surface area contributed by atoms with E-state index in [1.54, 1.807) is 12.1 Å². The molecule has 2 rings (SSSR count). The molecule has 0 unspecified atom stereocenters. The van der Waals surface area contributed by atoms with Gasteiger partial charge in [-0.2, -0.15) is 5.26 Å². The van der Waals surface area contributed by atoms with Gasteiger partial charge in [0.2, 0.25) is 0 Å². The fraction of sp³-hybridized carbons (Fsp3) is 0.0909. The van der Waals surface area contributed by atoms with Gasteiger partial charge in [0.05, 0.1) is 5.69 Å². The summed E-state index contributed by atoms with van der Waals surface area (Å²) in [5, 5.41) is 9.45. The second-order valence-electron chi connectivity index (χ2n) is 3.18. The molecule has 0 radical (unpaired) electrons. The molecule has 0 atom stereocenters. The quantitative estimate of drug-likeness (QED) is 0.799. The lowest BCUT2D eigenvalue weighted by Crippen LogP contribution is -1.79. The van der Waals surface area contributed by atoms with Gasteiger partial charge in [0.15, 0.2) is 5.69 Å². The first-order chi connectivity index (χ1) is 7.20. The number of aryl methyl sites for hydroxylation is 1. The van der Waals surface area contributed by atoms with Crippen molar-refractivity contribution in [2.24, 2.45) is 0 Å². The third-order valence-electron chi connectivity index (χ3n) is 2.11. The number of nitrogens with zero attached hydrogens (tertiary/aromatic N) is 2. The SMILES string of the molecule is Cc1[nH]c(-c2ccc(Cl)cc2)nc1C#N. The number of nitrogens with one attached hydrogen (secondary N) is 1. The van der Waals surface area contributed by atoms with E-state index in [1.807, 2.05) is 25.1 Å². The highest BCUT2D eigenvalue weighted by molar-refractivity contribution is 6.30. The highest BCUT2D eigenvalue weighted by atomic mass is 35.5. The lowest BCUT2D eigenvalue weighted by Gasteiger charge is -1.95. The molecule has 2 aromatic rings. The molecule has 3 nitrogen and oxygen atoms in total. The van der Waals surface area contributed by atoms with Gasteiger partial charge in [0.1, 0.15) is 11.9 Å². The summed E-state index contributed by atoms with van der Waals surface area (Å²) < 4.78 is 0. The van der Waals surface area contributed by atoms with Crippen molar-refractivity contribution in [2.45, 2.75) is 6.92 Å². The molecular weight excluding hydrogens is 210 g/mol. The van der Waals surface area contributed by atoms with Crippen molar-refractivity contribution >= 4 is 11.6 Å².